The van der Waals surface area contributed by atoms with Crippen LogP contribution in [0.3, 0.4) is 0 Å². The van der Waals surface area contributed by atoms with Gasteiger partial charge in [0.2, 0.25) is 5.82 Å². The predicted molar refractivity (Wildman–Crippen MR) is 113 cm³/mol. The number of aromatic nitrogens is 5. The number of nitrogens with one attached hydrogen (secondary N) is 1. The van der Waals surface area contributed by atoms with Gasteiger partial charge in [0.05, 0.1) is 6.54 Å². The van der Waals surface area contributed by atoms with Gasteiger partial charge in [-0.3, -0.25) is 9.78 Å². The lowest BCUT2D eigenvalue weighted by molar-refractivity contribution is 0.0985. The van der Waals surface area contributed by atoms with Gasteiger partial charge in [0.15, 0.2) is 0 Å². The maximum Gasteiger partial charge on any atom is 0.258 e. The van der Waals surface area contributed by atoms with Crippen LogP contribution in [0.2, 0.25) is 0 Å². The summed E-state index contributed by atoms with van der Waals surface area (Å²) in [5.74, 6) is -0.523. The number of tetrazole rings is 1. The van der Waals surface area contributed by atoms with Crippen molar-refractivity contribution >= 4 is 23.4 Å². The van der Waals surface area contributed by atoms with E-state index in [9.17, 15) is 9.18 Å². The van der Waals surface area contributed by atoms with E-state index in [2.05, 4.69) is 25.6 Å². The molecule has 0 aliphatic rings. The van der Waals surface area contributed by atoms with E-state index < -0.39 is 5.82 Å². The molecule has 2 heterocycles. The van der Waals surface area contributed by atoms with Crippen molar-refractivity contribution in [3.63, 3.8) is 0 Å². The van der Waals surface area contributed by atoms with Crippen LogP contribution in [-0.4, -0.2) is 37.8 Å². The van der Waals surface area contributed by atoms with Crippen LogP contribution < -0.4 is 4.90 Å². The van der Waals surface area contributed by atoms with Crippen LogP contribution in [-0.2, 0) is 6.54 Å². The van der Waals surface area contributed by atoms with Crippen LogP contribution in [0.1, 0.15) is 15.9 Å². The highest BCUT2D eigenvalue weighted by molar-refractivity contribution is 7.98. The summed E-state index contributed by atoms with van der Waals surface area (Å²) in [4.78, 5) is 19.9. The molecule has 0 saturated heterocycles. The van der Waals surface area contributed by atoms with Gasteiger partial charge in [-0.1, -0.05) is 12.1 Å². The molecule has 1 amide bonds. The Labute approximate surface area is 176 Å². The number of H-pyrrole nitrogens is 1. The fourth-order valence-electron chi connectivity index (χ4n) is 2.99. The second kappa shape index (κ2) is 8.83. The van der Waals surface area contributed by atoms with E-state index in [1.165, 1.54) is 17.0 Å². The Morgan fingerprint density at radius 1 is 1.10 bits per heavy atom. The van der Waals surface area contributed by atoms with Crippen molar-refractivity contribution in [2.24, 2.45) is 0 Å². The number of hydrogen-bond acceptors (Lipinski definition) is 6. The summed E-state index contributed by atoms with van der Waals surface area (Å²) in [5.41, 5.74) is 2.19. The predicted octanol–water partition coefficient (Wildman–Crippen LogP) is 3.97. The van der Waals surface area contributed by atoms with Gasteiger partial charge >= 0.3 is 0 Å². The van der Waals surface area contributed by atoms with Crippen molar-refractivity contribution in [3.05, 3.63) is 83.9 Å². The smallest absolute Gasteiger partial charge is 0.258 e. The number of carbonyl (C=O) groups excluding carboxylic acids is 1. The number of benzene rings is 2. The quantitative estimate of drug-likeness (QED) is 0.475. The van der Waals surface area contributed by atoms with Crippen LogP contribution in [0.5, 0.6) is 0 Å². The van der Waals surface area contributed by atoms with E-state index in [0.29, 0.717) is 16.8 Å². The van der Waals surface area contributed by atoms with Gasteiger partial charge < -0.3 is 4.90 Å². The molecule has 0 bridgehead atoms. The molecule has 9 heteroatoms. The number of hydrogen-bond donors (Lipinski definition) is 1. The molecule has 1 N–H and O–H groups in total. The minimum absolute atomic E-state index is 0.247. The zero-order valence-electron chi connectivity index (χ0n) is 16.0. The second-order valence-corrected chi connectivity index (χ2v) is 7.29. The van der Waals surface area contributed by atoms with E-state index in [0.717, 1.165) is 10.5 Å². The number of amides is 1. The topological polar surface area (TPSA) is 87.7 Å². The first-order chi connectivity index (χ1) is 14.6. The largest absolute Gasteiger partial charge is 0.304 e. The minimum Gasteiger partial charge on any atom is -0.304 e. The maximum absolute atomic E-state index is 14.4. The first-order valence-electron chi connectivity index (χ1n) is 9.03. The van der Waals surface area contributed by atoms with Gasteiger partial charge in [-0.2, -0.15) is 5.21 Å². The van der Waals surface area contributed by atoms with Crippen molar-refractivity contribution in [1.82, 2.24) is 25.6 Å². The van der Waals surface area contributed by atoms with Crippen LogP contribution in [0.15, 0.2) is 71.9 Å². The molecule has 30 heavy (non-hydrogen) atoms. The molecule has 4 rings (SSSR count). The third kappa shape index (κ3) is 4.36. The molecule has 0 radical (unpaired) electrons. The van der Waals surface area contributed by atoms with Crippen LogP contribution in [0.4, 0.5) is 10.1 Å². The number of carbonyl (C=O) groups is 1. The lowest BCUT2D eigenvalue weighted by Gasteiger charge is -2.24. The highest BCUT2D eigenvalue weighted by Crippen LogP contribution is 2.27. The molecule has 4 aromatic rings. The summed E-state index contributed by atoms with van der Waals surface area (Å²) in [7, 11) is 0. The Hall–Kier alpha value is -3.59. The van der Waals surface area contributed by atoms with Crippen molar-refractivity contribution in [2.75, 3.05) is 11.2 Å². The Balaban J connectivity index is 1.75. The molecule has 0 spiro atoms. The summed E-state index contributed by atoms with van der Waals surface area (Å²) in [6.07, 6.45) is 5.10. The van der Waals surface area contributed by atoms with E-state index in [4.69, 9.17) is 0 Å². The number of aromatic amines is 1. The Morgan fingerprint density at radius 2 is 1.87 bits per heavy atom. The fraction of sp³-hybridized carbons (Fsp3) is 0.0952. The molecule has 0 atom stereocenters. The van der Waals surface area contributed by atoms with Crippen LogP contribution in [0.25, 0.3) is 11.4 Å². The Kier molecular flexibility index (Phi) is 5.80. The maximum atomic E-state index is 14.4. The van der Waals surface area contributed by atoms with Gasteiger partial charge in [-0.05, 0) is 59.5 Å². The molecule has 0 fully saturated rings. The van der Waals surface area contributed by atoms with E-state index >= 15 is 0 Å². The SMILES string of the molecule is CSc1ccc(CN(C(=O)c2ccncc2)c2cc(F)cc(-c3nn[nH]n3)c2)cc1. The molecular weight excluding hydrogens is 403 g/mol. The minimum atomic E-state index is -0.502. The van der Waals surface area contributed by atoms with Crippen molar-refractivity contribution in [2.45, 2.75) is 11.4 Å². The highest BCUT2D eigenvalue weighted by Gasteiger charge is 2.20. The lowest BCUT2D eigenvalue weighted by atomic mass is 10.1. The zero-order valence-corrected chi connectivity index (χ0v) is 16.8. The molecule has 2 aromatic heterocycles. The van der Waals surface area contributed by atoms with E-state index in [1.54, 1.807) is 42.4 Å². The number of pyridine rings is 1. The average Bonchev–Trinajstić information content (AvgIpc) is 3.33. The zero-order chi connectivity index (χ0) is 20.9. The standard InChI is InChI=1S/C21H17FN6OS/c1-30-19-4-2-14(3-5-19)13-28(21(29)15-6-8-23-9-7-15)18-11-16(10-17(22)12-18)20-24-26-27-25-20/h2-12H,13H2,1H3,(H,24,25,26,27). The van der Waals surface area contributed by atoms with Gasteiger partial charge in [0.25, 0.3) is 5.91 Å². The summed E-state index contributed by atoms with van der Waals surface area (Å²) in [6, 6.07) is 15.4. The average molecular weight is 420 g/mol. The summed E-state index contributed by atoms with van der Waals surface area (Å²) < 4.78 is 14.4. The van der Waals surface area contributed by atoms with Crippen molar-refractivity contribution in [1.29, 1.82) is 0 Å². The second-order valence-electron chi connectivity index (χ2n) is 6.41. The van der Waals surface area contributed by atoms with Gasteiger partial charge in [0, 0.05) is 34.1 Å². The normalized spacial score (nSPS) is 10.7. The molecule has 0 aliphatic heterocycles. The molecule has 150 valence electrons. The number of rotatable bonds is 6. The van der Waals surface area contributed by atoms with Crippen molar-refractivity contribution < 1.29 is 9.18 Å². The first-order valence-corrected chi connectivity index (χ1v) is 10.3. The molecule has 0 aliphatic carbocycles. The summed E-state index contributed by atoms with van der Waals surface area (Å²) in [5, 5.41) is 13.7. The van der Waals surface area contributed by atoms with Gasteiger partial charge in [-0.15, -0.1) is 22.0 Å². The van der Waals surface area contributed by atoms with E-state index in [-0.39, 0.29) is 18.3 Å². The third-order valence-electron chi connectivity index (χ3n) is 4.47. The third-order valence-corrected chi connectivity index (χ3v) is 5.21. The first kappa shape index (κ1) is 19.7. The fourth-order valence-corrected chi connectivity index (χ4v) is 3.40. The molecule has 7 nitrogen and oxygen atoms in total. The monoisotopic (exact) mass is 420 g/mol. The molecule has 0 saturated carbocycles. The number of halogens is 1. The van der Waals surface area contributed by atoms with Gasteiger partial charge in [-0.25, -0.2) is 4.39 Å². The molecular formula is C21H17FN6OS. The number of anilines is 1. The van der Waals surface area contributed by atoms with Crippen LogP contribution in [0, 0.1) is 5.82 Å². The Morgan fingerprint density at radius 3 is 2.53 bits per heavy atom. The number of nitrogens with zero attached hydrogens (tertiary/aromatic N) is 5. The lowest BCUT2D eigenvalue weighted by Crippen LogP contribution is -2.30. The van der Waals surface area contributed by atoms with E-state index in [1.807, 2.05) is 30.5 Å². The van der Waals surface area contributed by atoms with Gasteiger partial charge in [0.1, 0.15) is 5.82 Å². The highest BCUT2D eigenvalue weighted by atomic mass is 32.2. The number of thioether (sulfide) groups is 1. The Bertz CT molecular complexity index is 1140. The van der Waals surface area contributed by atoms with Crippen LogP contribution >= 0.6 is 11.8 Å². The molecule has 2 aromatic carbocycles. The van der Waals surface area contributed by atoms with Crippen molar-refractivity contribution in [3.8, 4) is 11.4 Å². The summed E-state index contributed by atoms with van der Waals surface area (Å²) in [6.45, 7) is 0.269. The summed E-state index contributed by atoms with van der Waals surface area (Å²) >= 11 is 1.64. The molecule has 0 unspecified atom stereocenters.